The van der Waals surface area contributed by atoms with E-state index in [0.29, 0.717) is 24.3 Å². The second-order valence-electron chi connectivity index (χ2n) is 7.89. The number of phenols is 2. The van der Waals surface area contributed by atoms with Gasteiger partial charge in [0.2, 0.25) is 0 Å². The third-order valence-electron chi connectivity index (χ3n) is 5.59. The molecule has 0 saturated heterocycles. The molecular formula is C28H26O3. The molecule has 0 unspecified atom stereocenters. The van der Waals surface area contributed by atoms with E-state index in [1.54, 1.807) is 36.4 Å². The van der Waals surface area contributed by atoms with Gasteiger partial charge in [-0.15, -0.1) is 0 Å². The van der Waals surface area contributed by atoms with Gasteiger partial charge in [-0.1, -0.05) is 48.5 Å². The van der Waals surface area contributed by atoms with Crippen LogP contribution in [0.25, 0.3) is 0 Å². The van der Waals surface area contributed by atoms with Gasteiger partial charge in [0.05, 0.1) is 0 Å². The van der Waals surface area contributed by atoms with Gasteiger partial charge >= 0.3 is 0 Å². The quantitative estimate of drug-likeness (QED) is 0.372. The van der Waals surface area contributed by atoms with Crippen LogP contribution in [0, 0.1) is 13.8 Å². The van der Waals surface area contributed by atoms with Gasteiger partial charge < -0.3 is 14.9 Å². The minimum atomic E-state index is 0.210. The molecule has 0 heterocycles. The number of rotatable bonds is 6. The molecule has 0 radical (unpaired) electrons. The Morgan fingerprint density at radius 1 is 0.548 bits per heavy atom. The van der Waals surface area contributed by atoms with Gasteiger partial charge in [0.15, 0.2) is 0 Å². The van der Waals surface area contributed by atoms with Crippen LogP contribution in [-0.4, -0.2) is 10.2 Å². The number of benzene rings is 4. The number of phenolic OH excluding ortho intramolecular Hbond substituents is 2. The predicted octanol–water partition coefficient (Wildman–Crippen LogP) is 6.69. The highest BCUT2D eigenvalue weighted by Gasteiger charge is 2.13. The summed E-state index contributed by atoms with van der Waals surface area (Å²) in [4.78, 5) is 0. The van der Waals surface area contributed by atoms with Crippen LogP contribution in [0.15, 0.2) is 84.9 Å². The summed E-state index contributed by atoms with van der Waals surface area (Å²) in [7, 11) is 0. The van der Waals surface area contributed by atoms with E-state index in [-0.39, 0.29) is 11.5 Å². The number of ether oxygens (including phenoxy) is 1. The molecule has 0 fully saturated rings. The minimum Gasteiger partial charge on any atom is -0.508 e. The van der Waals surface area contributed by atoms with E-state index in [1.165, 1.54) is 22.3 Å². The molecular weight excluding hydrogens is 384 g/mol. The molecule has 0 aliphatic carbocycles. The molecule has 0 aromatic heterocycles. The Labute approximate surface area is 183 Å². The maximum atomic E-state index is 10.1. The molecule has 156 valence electrons. The van der Waals surface area contributed by atoms with Crippen LogP contribution in [0.3, 0.4) is 0 Å². The van der Waals surface area contributed by atoms with Gasteiger partial charge in [-0.05, 0) is 72.5 Å². The van der Waals surface area contributed by atoms with Gasteiger partial charge in [0.1, 0.15) is 23.0 Å². The third kappa shape index (κ3) is 4.89. The lowest BCUT2D eigenvalue weighted by Gasteiger charge is -2.16. The lowest BCUT2D eigenvalue weighted by molar-refractivity contribution is 0.452. The summed E-state index contributed by atoms with van der Waals surface area (Å²) in [6, 6.07) is 26.8. The van der Waals surface area contributed by atoms with E-state index in [9.17, 15) is 10.2 Å². The summed E-state index contributed by atoms with van der Waals surface area (Å²) >= 11 is 0. The molecule has 0 bridgehead atoms. The number of hydrogen-bond acceptors (Lipinski definition) is 3. The fraction of sp³-hybridized carbons (Fsp3) is 0.143. The fourth-order valence-corrected chi connectivity index (χ4v) is 3.75. The summed E-state index contributed by atoms with van der Waals surface area (Å²) in [6.45, 7) is 4.16. The number of hydrogen-bond donors (Lipinski definition) is 2. The Morgan fingerprint density at radius 3 is 1.39 bits per heavy atom. The van der Waals surface area contributed by atoms with Crippen molar-refractivity contribution in [2.45, 2.75) is 26.7 Å². The van der Waals surface area contributed by atoms with E-state index in [1.807, 2.05) is 24.3 Å². The maximum Gasteiger partial charge on any atom is 0.131 e. The minimum absolute atomic E-state index is 0.210. The first-order chi connectivity index (χ1) is 15.0. The monoisotopic (exact) mass is 410 g/mol. The standard InChI is InChI=1S/C28H26O3/c1-19-7-3-5-9-21(19)15-23-17-25(29)11-13-27(23)31-28-14-12-26(30)18-24(28)16-22-10-6-4-8-20(22)2/h3-14,17-18,29-30H,15-16H2,1-2H3. The second-order valence-corrected chi connectivity index (χ2v) is 7.89. The zero-order valence-electron chi connectivity index (χ0n) is 17.8. The van der Waals surface area contributed by atoms with E-state index in [2.05, 4.69) is 38.1 Å². The largest absolute Gasteiger partial charge is 0.508 e. The first kappa shape index (κ1) is 20.5. The molecule has 3 nitrogen and oxygen atoms in total. The molecule has 0 atom stereocenters. The molecule has 4 aromatic carbocycles. The number of aryl methyl sites for hydroxylation is 2. The summed E-state index contributed by atoms with van der Waals surface area (Å²) in [5.74, 6) is 1.80. The van der Waals surface area contributed by atoms with Crippen LogP contribution in [0.1, 0.15) is 33.4 Å². The average molecular weight is 411 g/mol. The predicted molar refractivity (Wildman–Crippen MR) is 124 cm³/mol. The lowest BCUT2D eigenvalue weighted by atomic mass is 9.99. The number of aromatic hydroxyl groups is 2. The van der Waals surface area contributed by atoms with Crippen LogP contribution < -0.4 is 4.74 Å². The highest BCUT2D eigenvalue weighted by Crippen LogP contribution is 2.34. The molecule has 3 heteroatoms. The molecule has 0 saturated carbocycles. The Hall–Kier alpha value is -3.72. The average Bonchev–Trinajstić information content (AvgIpc) is 2.75. The second kappa shape index (κ2) is 8.97. The van der Waals surface area contributed by atoms with E-state index >= 15 is 0 Å². The first-order valence-corrected chi connectivity index (χ1v) is 10.4. The molecule has 0 aliphatic heterocycles. The van der Waals surface area contributed by atoms with E-state index in [4.69, 9.17) is 4.74 Å². The van der Waals surface area contributed by atoms with Crippen molar-refractivity contribution in [1.29, 1.82) is 0 Å². The van der Waals surface area contributed by atoms with Crippen LogP contribution in [0.2, 0.25) is 0 Å². The first-order valence-electron chi connectivity index (χ1n) is 10.4. The fourth-order valence-electron chi connectivity index (χ4n) is 3.75. The van der Waals surface area contributed by atoms with Crippen LogP contribution >= 0.6 is 0 Å². The lowest BCUT2D eigenvalue weighted by Crippen LogP contribution is -1.99. The van der Waals surface area contributed by atoms with Gasteiger partial charge in [-0.3, -0.25) is 0 Å². The molecule has 4 aromatic rings. The molecule has 0 spiro atoms. The smallest absolute Gasteiger partial charge is 0.131 e. The molecule has 2 N–H and O–H groups in total. The topological polar surface area (TPSA) is 49.7 Å². The Bertz CT molecular complexity index is 1120. The van der Waals surface area contributed by atoms with Gasteiger partial charge in [0, 0.05) is 24.0 Å². The highest BCUT2D eigenvalue weighted by molar-refractivity contribution is 5.49. The van der Waals surface area contributed by atoms with Crippen molar-refractivity contribution in [2.24, 2.45) is 0 Å². The van der Waals surface area contributed by atoms with Crippen LogP contribution in [-0.2, 0) is 12.8 Å². The Morgan fingerprint density at radius 2 is 0.968 bits per heavy atom. The van der Waals surface area contributed by atoms with Crippen molar-refractivity contribution >= 4 is 0 Å². The van der Waals surface area contributed by atoms with E-state index in [0.717, 1.165) is 11.1 Å². The SMILES string of the molecule is Cc1ccccc1Cc1cc(O)ccc1Oc1ccc(O)cc1Cc1ccccc1C. The Kier molecular flexibility index (Phi) is 5.94. The molecule has 4 rings (SSSR count). The van der Waals surface area contributed by atoms with Gasteiger partial charge in [-0.2, -0.15) is 0 Å². The highest BCUT2D eigenvalue weighted by atomic mass is 16.5. The van der Waals surface area contributed by atoms with Crippen molar-refractivity contribution in [3.8, 4) is 23.0 Å². The summed E-state index contributed by atoms with van der Waals surface area (Å²) in [5, 5.41) is 20.2. The van der Waals surface area contributed by atoms with Crippen molar-refractivity contribution in [3.05, 3.63) is 118 Å². The Balaban J connectivity index is 1.68. The normalized spacial score (nSPS) is 10.8. The molecule has 0 aliphatic rings. The third-order valence-corrected chi connectivity index (χ3v) is 5.59. The van der Waals surface area contributed by atoms with Crippen LogP contribution in [0.5, 0.6) is 23.0 Å². The summed E-state index contributed by atoms with van der Waals surface area (Å²) in [5.41, 5.74) is 6.57. The zero-order valence-corrected chi connectivity index (χ0v) is 17.8. The van der Waals surface area contributed by atoms with Gasteiger partial charge in [0.25, 0.3) is 0 Å². The van der Waals surface area contributed by atoms with E-state index < -0.39 is 0 Å². The molecule has 0 amide bonds. The zero-order chi connectivity index (χ0) is 21.8. The maximum absolute atomic E-state index is 10.1. The molecule has 31 heavy (non-hydrogen) atoms. The van der Waals surface area contributed by atoms with Gasteiger partial charge in [-0.25, -0.2) is 0 Å². The van der Waals surface area contributed by atoms with Crippen molar-refractivity contribution in [1.82, 2.24) is 0 Å². The summed E-state index contributed by atoms with van der Waals surface area (Å²) in [6.07, 6.45) is 1.31. The summed E-state index contributed by atoms with van der Waals surface area (Å²) < 4.78 is 6.35. The van der Waals surface area contributed by atoms with Crippen molar-refractivity contribution in [2.75, 3.05) is 0 Å². The van der Waals surface area contributed by atoms with Crippen molar-refractivity contribution < 1.29 is 14.9 Å². The van der Waals surface area contributed by atoms with Crippen LogP contribution in [0.4, 0.5) is 0 Å². The van der Waals surface area contributed by atoms with Crippen molar-refractivity contribution in [3.63, 3.8) is 0 Å².